The molecule has 172 valence electrons. The molecule has 0 aliphatic heterocycles. The molecule has 32 heavy (non-hydrogen) atoms. The first kappa shape index (κ1) is 23.7. The number of aromatic nitrogens is 3. The molecule has 2 aromatic rings. The van der Waals surface area contributed by atoms with Crippen LogP contribution in [0, 0.1) is 24.7 Å². The van der Waals surface area contributed by atoms with Gasteiger partial charge in [0.05, 0.1) is 30.0 Å². The van der Waals surface area contributed by atoms with Gasteiger partial charge >= 0.3 is 0 Å². The van der Waals surface area contributed by atoms with Crippen LogP contribution >= 0.6 is 0 Å². The Hall–Kier alpha value is -2.93. The van der Waals surface area contributed by atoms with Gasteiger partial charge in [-0.3, -0.25) is 0 Å². The monoisotopic (exact) mass is 441 g/mol. The van der Waals surface area contributed by atoms with Gasteiger partial charge in [0.1, 0.15) is 11.9 Å². The van der Waals surface area contributed by atoms with Crippen LogP contribution in [-0.2, 0) is 0 Å². The Morgan fingerprint density at radius 1 is 1.16 bits per heavy atom. The fourth-order valence-corrected chi connectivity index (χ4v) is 3.59. The number of anilines is 2. The van der Waals surface area contributed by atoms with Gasteiger partial charge in [-0.2, -0.15) is 4.98 Å². The molecule has 1 aliphatic rings. The van der Waals surface area contributed by atoms with Crippen molar-refractivity contribution in [2.75, 3.05) is 30.4 Å². The predicted molar refractivity (Wildman–Crippen MR) is 122 cm³/mol. The second kappa shape index (κ2) is 11.1. The normalized spacial score (nSPS) is 22.2. The lowest BCUT2D eigenvalue weighted by Gasteiger charge is -2.20. The van der Waals surface area contributed by atoms with E-state index >= 15 is 0 Å². The average Bonchev–Trinajstić information content (AvgIpc) is 3.06. The maximum atomic E-state index is 10.4. The minimum atomic E-state index is -1.02. The van der Waals surface area contributed by atoms with Gasteiger partial charge in [0.2, 0.25) is 11.8 Å². The molecule has 2 heterocycles. The number of hydrogen-bond donors (Lipinski definition) is 5. The second-order valence-electron chi connectivity index (χ2n) is 7.76. The fraction of sp³-hybridized carbons (Fsp3) is 0.522. The van der Waals surface area contributed by atoms with Crippen molar-refractivity contribution < 1.29 is 20.1 Å². The van der Waals surface area contributed by atoms with E-state index in [0.717, 1.165) is 13.0 Å². The predicted octanol–water partition coefficient (Wildman–Crippen LogP) is 1.31. The molecule has 1 fully saturated rings. The van der Waals surface area contributed by atoms with Gasteiger partial charge in [-0.25, -0.2) is 9.97 Å². The maximum absolute atomic E-state index is 10.4. The quantitative estimate of drug-likeness (QED) is 0.385. The van der Waals surface area contributed by atoms with Crippen LogP contribution in [-0.4, -0.2) is 68.3 Å². The fourth-order valence-electron chi connectivity index (χ4n) is 3.59. The molecule has 0 unspecified atom stereocenters. The lowest BCUT2D eigenvalue weighted by atomic mass is 10.1. The summed E-state index contributed by atoms with van der Waals surface area (Å²) in [6.07, 6.45) is 0.952. The van der Waals surface area contributed by atoms with Gasteiger partial charge in [0.15, 0.2) is 0 Å². The molecule has 4 atom stereocenters. The number of hydrogen-bond acceptors (Lipinski definition) is 9. The topological polar surface area (TPSA) is 133 Å². The van der Waals surface area contributed by atoms with Gasteiger partial charge in [-0.15, -0.1) is 0 Å². The number of aliphatic hydroxyl groups excluding tert-OH is 3. The van der Waals surface area contributed by atoms with Crippen molar-refractivity contribution >= 4 is 11.8 Å². The van der Waals surface area contributed by atoms with Crippen molar-refractivity contribution in [1.82, 2.24) is 15.0 Å². The number of rotatable bonds is 8. The zero-order valence-electron chi connectivity index (χ0n) is 18.7. The first-order chi connectivity index (χ1) is 15.5. The van der Waals surface area contributed by atoms with Gasteiger partial charge in [0.25, 0.3) is 0 Å². The summed E-state index contributed by atoms with van der Waals surface area (Å²) < 4.78 is 5.36. The summed E-state index contributed by atoms with van der Waals surface area (Å²) in [4.78, 5) is 13.3. The minimum absolute atomic E-state index is 0.195. The van der Waals surface area contributed by atoms with Crippen LogP contribution in [0.15, 0.2) is 18.3 Å². The molecular weight excluding hydrogens is 410 g/mol. The highest BCUT2D eigenvalue weighted by Gasteiger charge is 2.41. The average molecular weight is 442 g/mol. The van der Waals surface area contributed by atoms with Crippen molar-refractivity contribution in [2.24, 2.45) is 5.92 Å². The van der Waals surface area contributed by atoms with Crippen molar-refractivity contribution in [3.63, 3.8) is 0 Å². The summed E-state index contributed by atoms with van der Waals surface area (Å²) in [6.45, 7) is 6.87. The number of pyridine rings is 1. The van der Waals surface area contributed by atoms with E-state index in [1.54, 1.807) is 12.3 Å². The molecule has 5 N–H and O–H groups in total. The van der Waals surface area contributed by atoms with Crippen molar-refractivity contribution in [3.8, 4) is 17.7 Å². The van der Waals surface area contributed by atoms with E-state index in [-0.39, 0.29) is 6.61 Å². The number of nitrogens with zero attached hydrogens (tertiary/aromatic N) is 3. The number of nitrogens with one attached hydrogen (secondary N) is 2. The van der Waals surface area contributed by atoms with Crippen LogP contribution in [0.5, 0.6) is 5.88 Å². The first-order valence-corrected chi connectivity index (χ1v) is 10.9. The molecule has 0 bridgehead atoms. The molecular formula is C23H31N5O4. The number of aryl methyl sites for hydroxylation is 1. The van der Waals surface area contributed by atoms with Crippen LogP contribution in [0.25, 0.3) is 0 Å². The summed E-state index contributed by atoms with van der Waals surface area (Å²) in [7, 11) is 0. The Morgan fingerprint density at radius 2 is 1.97 bits per heavy atom. The van der Waals surface area contributed by atoms with Gasteiger partial charge in [-0.1, -0.05) is 18.8 Å². The highest BCUT2D eigenvalue weighted by atomic mass is 16.5. The smallest absolute Gasteiger partial charge is 0.224 e. The molecule has 0 amide bonds. The number of aliphatic hydroxyl groups is 3. The second-order valence-corrected chi connectivity index (χ2v) is 7.76. The molecule has 0 saturated heterocycles. The SMILES string of the molecule is CCCNc1nc(C)c(C#Cc2ccc(OCC)nc2)c(N[C@@H]2C[C@H](CO)[C@@H](O)[C@H]2O)n1. The molecule has 2 aromatic heterocycles. The van der Waals surface area contributed by atoms with E-state index in [2.05, 4.69) is 44.4 Å². The van der Waals surface area contributed by atoms with Crippen LogP contribution < -0.4 is 15.4 Å². The van der Waals surface area contributed by atoms with E-state index in [0.29, 0.717) is 47.5 Å². The van der Waals surface area contributed by atoms with Crippen LogP contribution in [0.1, 0.15) is 43.5 Å². The molecule has 9 heteroatoms. The van der Waals surface area contributed by atoms with Crippen molar-refractivity contribution in [3.05, 3.63) is 35.2 Å². The van der Waals surface area contributed by atoms with Gasteiger partial charge in [0, 0.05) is 36.9 Å². The summed E-state index contributed by atoms with van der Waals surface area (Å²) in [5.74, 6) is 7.28. The van der Waals surface area contributed by atoms with Gasteiger partial charge < -0.3 is 30.7 Å². The Labute approximate surface area is 188 Å². The summed E-state index contributed by atoms with van der Waals surface area (Å²) in [5, 5.41) is 36.5. The zero-order chi connectivity index (χ0) is 23.1. The molecule has 1 aliphatic carbocycles. The van der Waals surface area contributed by atoms with E-state index in [9.17, 15) is 15.3 Å². The zero-order valence-corrected chi connectivity index (χ0v) is 18.7. The Kier molecular flexibility index (Phi) is 8.22. The third-order valence-corrected chi connectivity index (χ3v) is 5.34. The van der Waals surface area contributed by atoms with E-state index in [1.165, 1.54) is 0 Å². The van der Waals surface area contributed by atoms with Crippen LogP contribution in [0.2, 0.25) is 0 Å². The van der Waals surface area contributed by atoms with Crippen LogP contribution in [0.3, 0.4) is 0 Å². The van der Waals surface area contributed by atoms with E-state index in [1.807, 2.05) is 19.9 Å². The van der Waals surface area contributed by atoms with E-state index < -0.39 is 24.2 Å². The van der Waals surface area contributed by atoms with Crippen molar-refractivity contribution in [1.29, 1.82) is 0 Å². The first-order valence-electron chi connectivity index (χ1n) is 10.9. The largest absolute Gasteiger partial charge is 0.478 e. The Morgan fingerprint density at radius 3 is 2.59 bits per heavy atom. The third kappa shape index (κ3) is 5.65. The minimum Gasteiger partial charge on any atom is -0.478 e. The van der Waals surface area contributed by atoms with Crippen molar-refractivity contribution in [2.45, 2.75) is 51.9 Å². The standard InChI is InChI=1S/C23H31N5O4/c1-4-10-24-23-26-14(3)17(8-6-15-7-9-19(25-12-15)32-5-2)22(28-23)27-18-11-16(13-29)20(30)21(18)31/h7,9,12,16,18,20-21,29-31H,4-5,10-11,13H2,1-3H3,(H2,24,26,27,28)/t16-,18-,20-,21+/m1/s1. The number of ether oxygens (including phenoxy) is 1. The maximum Gasteiger partial charge on any atom is 0.224 e. The van der Waals surface area contributed by atoms with Crippen LogP contribution in [0.4, 0.5) is 11.8 Å². The van der Waals surface area contributed by atoms with Gasteiger partial charge in [-0.05, 0) is 32.8 Å². The molecule has 3 rings (SSSR count). The Balaban J connectivity index is 1.91. The molecule has 0 aromatic carbocycles. The Bertz CT molecular complexity index is 957. The molecule has 9 nitrogen and oxygen atoms in total. The summed E-state index contributed by atoms with van der Waals surface area (Å²) >= 11 is 0. The molecule has 1 saturated carbocycles. The lowest BCUT2D eigenvalue weighted by molar-refractivity contribution is 0.00445. The highest BCUT2D eigenvalue weighted by molar-refractivity contribution is 5.60. The highest BCUT2D eigenvalue weighted by Crippen LogP contribution is 2.30. The lowest BCUT2D eigenvalue weighted by Crippen LogP contribution is -2.36. The summed E-state index contributed by atoms with van der Waals surface area (Å²) in [5.41, 5.74) is 1.98. The molecule has 0 radical (unpaired) electrons. The van der Waals surface area contributed by atoms with E-state index in [4.69, 9.17) is 4.74 Å². The molecule has 0 spiro atoms. The third-order valence-electron chi connectivity index (χ3n) is 5.34. The summed E-state index contributed by atoms with van der Waals surface area (Å²) in [6, 6.07) is 3.12.